The van der Waals surface area contributed by atoms with Crippen LogP contribution in [-0.4, -0.2) is 25.5 Å². The molecule has 7 nitrogen and oxygen atoms in total. The summed E-state index contributed by atoms with van der Waals surface area (Å²) in [7, 11) is 0. The molecule has 0 spiro atoms. The van der Waals surface area contributed by atoms with Crippen molar-refractivity contribution in [3.05, 3.63) is 52.1 Å². The first-order valence-corrected chi connectivity index (χ1v) is 4.89. The SMILES string of the molecule is O=C(Cn1cnc([N+](=O)[O-])n1)c1cccc(F)c1. The Morgan fingerprint density at radius 3 is 2.89 bits per heavy atom. The third-order valence-corrected chi connectivity index (χ3v) is 2.14. The Morgan fingerprint density at radius 1 is 1.50 bits per heavy atom. The van der Waals surface area contributed by atoms with Crippen LogP contribution in [0.15, 0.2) is 30.6 Å². The third kappa shape index (κ3) is 2.54. The fourth-order valence-corrected chi connectivity index (χ4v) is 1.34. The molecule has 0 aliphatic rings. The second-order valence-corrected chi connectivity index (χ2v) is 3.43. The number of halogens is 1. The summed E-state index contributed by atoms with van der Waals surface area (Å²) in [4.78, 5) is 24.7. The minimum atomic E-state index is -0.761. The molecule has 0 unspecified atom stereocenters. The van der Waals surface area contributed by atoms with Gasteiger partial charge in [-0.1, -0.05) is 17.1 Å². The van der Waals surface area contributed by atoms with E-state index < -0.39 is 22.5 Å². The van der Waals surface area contributed by atoms with Crippen LogP contribution in [0, 0.1) is 15.9 Å². The second-order valence-electron chi connectivity index (χ2n) is 3.43. The zero-order valence-corrected chi connectivity index (χ0v) is 8.99. The predicted octanol–water partition coefficient (Wildman–Crippen LogP) is 1.21. The van der Waals surface area contributed by atoms with Crippen molar-refractivity contribution in [2.45, 2.75) is 6.54 Å². The molecule has 2 rings (SSSR count). The van der Waals surface area contributed by atoms with Crippen LogP contribution in [0.25, 0.3) is 0 Å². The van der Waals surface area contributed by atoms with Gasteiger partial charge in [0.2, 0.25) is 6.33 Å². The summed E-state index contributed by atoms with van der Waals surface area (Å²) < 4.78 is 13.9. The lowest BCUT2D eigenvalue weighted by Gasteiger charge is -1.98. The van der Waals surface area contributed by atoms with Crippen LogP contribution < -0.4 is 0 Å². The van der Waals surface area contributed by atoms with E-state index in [4.69, 9.17) is 0 Å². The molecule has 0 aliphatic heterocycles. The molecule has 0 aliphatic carbocycles. The van der Waals surface area contributed by atoms with Gasteiger partial charge in [-0.05, 0) is 17.1 Å². The van der Waals surface area contributed by atoms with Crippen molar-refractivity contribution in [2.75, 3.05) is 0 Å². The summed E-state index contributed by atoms with van der Waals surface area (Å²) >= 11 is 0. The molecular weight excluding hydrogens is 243 g/mol. The van der Waals surface area contributed by atoms with Gasteiger partial charge in [0.25, 0.3) is 0 Å². The molecule has 0 fully saturated rings. The number of nitro groups is 1. The van der Waals surface area contributed by atoms with Gasteiger partial charge in [-0.15, -0.1) is 0 Å². The van der Waals surface area contributed by atoms with E-state index in [2.05, 4.69) is 10.1 Å². The molecule has 18 heavy (non-hydrogen) atoms. The summed E-state index contributed by atoms with van der Waals surface area (Å²) in [6.45, 7) is -0.232. The number of carbonyl (C=O) groups excluding carboxylic acids is 1. The van der Waals surface area contributed by atoms with E-state index in [0.29, 0.717) is 0 Å². The number of ketones is 1. The molecular formula is C10H7FN4O3. The van der Waals surface area contributed by atoms with Crippen LogP contribution in [0.2, 0.25) is 0 Å². The Morgan fingerprint density at radius 2 is 2.28 bits per heavy atom. The Hall–Kier alpha value is -2.64. The van der Waals surface area contributed by atoms with Crippen LogP contribution in [0.1, 0.15) is 10.4 Å². The topological polar surface area (TPSA) is 90.9 Å². The summed E-state index contributed by atoms with van der Waals surface area (Å²) in [5.74, 6) is -1.51. The van der Waals surface area contributed by atoms with E-state index in [0.717, 1.165) is 17.1 Å². The van der Waals surface area contributed by atoms with Crippen LogP contribution in [-0.2, 0) is 6.54 Å². The molecule has 2 aromatic rings. The largest absolute Gasteiger partial charge is 0.490 e. The first-order chi connectivity index (χ1) is 8.56. The Bertz CT molecular complexity index is 611. The fraction of sp³-hybridized carbons (Fsp3) is 0.100. The van der Waals surface area contributed by atoms with Crippen molar-refractivity contribution in [3.63, 3.8) is 0 Å². The highest BCUT2D eigenvalue weighted by Gasteiger charge is 2.16. The van der Waals surface area contributed by atoms with Gasteiger partial charge < -0.3 is 10.1 Å². The predicted molar refractivity (Wildman–Crippen MR) is 57.4 cm³/mol. The zero-order valence-electron chi connectivity index (χ0n) is 8.99. The molecule has 0 amide bonds. The normalized spacial score (nSPS) is 10.3. The Labute approximate surface area is 100 Å². The average Bonchev–Trinajstić information content (AvgIpc) is 2.77. The highest BCUT2D eigenvalue weighted by molar-refractivity contribution is 5.95. The van der Waals surface area contributed by atoms with E-state index in [-0.39, 0.29) is 12.1 Å². The van der Waals surface area contributed by atoms with Gasteiger partial charge in [0, 0.05) is 10.7 Å². The molecule has 0 bridgehead atoms. The van der Waals surface area contributed by atoms with Crippen molar-refractivity contribution < 1.29 is 14.1 Å². The summed E-state index contributed by atoms with van der Waals surface area (Å²) in [5.41, 5.74) is 0.174. The number of nitrogens with zero attached hydrogens (tertiary/aromatic N) is 4. The molecule has 0 saturated carbocycles. The molecule has 8 heteroatoms. The number of hydrogen-bond acceptors (Lipinski definition) is 5. The molecule has 92 valence electrons. The van der Waals surface area contributed by atoms with Crippen molar-refractivity contribution >= 4 is 11.7 Å². The van der Waals surface area contributed by atoms with Crippen molar-refractivity contribution in [1.29, 1.82) is 0 Å². The highest BCUT2D eigenvalue weighted by atomic mass is 19.1. The molecule has 0 radical (unpaired) electrons. The van der Waals surface area contributed by atoms with Crippen molar-refractivity contribution in [3.8, 4) is 0 Å². The van der Waals surface area contributed by atoms with Gasteiger partial charge in [-0.25, -0.2) is 4.39 Å². The number of hydrogen-bond donors (Lipinski definition) is 0. The van der Waals surface area contributed by atoms with Gasteiger partial charge in [0.05, 0.1) is 0 Å². The number of aromatic nitrogens is 3. The maximum absolute atomic E-state index is 12.9. The van der Waals surface area contributed by atoms with E-state index >= 15 is 0 Å². The average molecular weight is 250 g/mol. The van der Waals surface area contributed by atoms with Crippen LogP contribution >= 0.6 is 0 Å². The number of Topliss-reactive ketones (excluding diaryl/α,β-unsaturated/α-hetero) is 1. The lowest BCUT2D eigenvalue weighted by atomic mass is 10.1. The van der Waals surface area contributed by atoms with Crippen molar-refractivity contribution in [2.24, 2.45) is 0 Å². The third-order valence-electron chi connectivity index (χ3n) is 2.14. The molecule has 0 atom stereocenters. The quantitative estimate of drug-likeness (QED) is 0.462. The van der Waals surface area contributed by atoms with Crippen LogP contribution in [0.5, 0.6) is 0 Å². The first-order valence-electron chi connectivity index (χ1n) is 4.89. The molecule has 0 N–H and O–H groups in total. The van der Waals surface area contributed by atoms with Crippen molar-refractivity contribution in [1.82, 2.24) is 14.8 Å². The minimum Gasteiger partial charge on any atom is -0.390 e. The maximum Gasteiger partial charge on any atom is 0.490 e. The zero-order chi connectivity index (χ0) is 13.1. The summed E-state index contributed by atoms with van der Waals surface area (Å²) in [6, 6.07) is 5.17. The Balaban J connectivity index is 2.13. The highest BCUT2D eigenvalue weighted by Crippen LogP contribution is 2.06. The summed E-state index contributed by atoms with van der Waals surface area (Å²) in [6.07, 6.45) is 1.08. The van der Waals surface area contributed by atoms with Gasteiger partial charge in [-0.3, -0.25) is 4.79 Å². The lowest BCUT2D eigenvalue weighted by molar-refractivity contribution is -0.394. The fourth-order valence-electron chi connectivity index (χ4n) is 1.34. The number of carbonyl (C=O) groups is 1. The van der Waals surface area contributed by atoms with Crippen LogP contribution in [0.4, 0.5) is 10.3 Å². The smallest absolute Gasteiger partial charge is 0.390 e. The molecule has 1 aromatic heterocycles. The first kappa shape index (κ1) is 11.8. The summed E-state index contributed by atoms with van der Waals surface area (Å²) in [5, 5.41) is 13.8. The molecule has 1 aromatic carbocycles. The monoisotopic (exact) mass is 250 g/mol. The lowest BCUT2D eigenvalue weighted by Crippen LogP contribution is -2.11. The van der Waals surface area contributed by atoms with Gasteiger partial charge >= 0.3 is 5.95 Å². The number of rotatable bonds is 4. The second kappa shape index (κ2) is 4.70. The minimum absolute atomic E-state index is 0.174. The van der Waals surface area contributed by atoms with Crippen LogP contribution in [0.3, 0.4) is 0 Å². The number of benzene rings is 1. The standard InChI is InChI=1S/C10H7FN4O3/c11-8-3-1-2-7(4-8)9(16)5-14-6-12-10(13-14)15(17)18/h1-4,6H,5H2. The Kier molecular flexibility index (Phi) is 3.09. The molecule has 1 heterocycles. The van der Waals surface area contributed by atoms with E-state index in [1.54, 1.807) is 0 Å². The van der Waals surface area contributed by atoms with Gasteiger partial charge in [0.1, 0.15) is 12.4 Å². The maximum atomic E-state index is 12.9. The van der Waals surface area contributed by atoms with E-state index in [9.17, 15) is 19.3 Å². The van der Waals surface area contributed by atoms with E-state index in [1.807, 2.05) is 0 Å². The van der Waals surface area contributed by atoms with Gasteiger partial charge in [0.15, 0.2) is 5.78 Å². The molecule has 0 saturated heterocycles. The van der Waals surface area contributed by atoms with E-state index in [1.165, 1.54) is 18.2 Å². The van der Waals surface area contributed by atoms with Gasteiger partial charge in [-0.2, -0.15) is 4.68 Å².